The fourth-order valence-electron chi connectivity index (χ4n) is 8.12. The zero-order chi connectivity index (χ0) is 54.3. The molecule has 0 saturated heterocycles. The van der Waals surface area contributed by atoms with E-state index in [1.165, 1.54) is 70.6 Å². The summed E-state index contributed by atoms with van der Waals surface area (Å²) in [6.07, 6.45) is 87.4. The predicted molar refractivity (Wildman–Crippen MR) is 325 cm³/mol. The Kier molecular flexibility index (Phi) is 58.4. The van der Waals surface area contributed by atoms with E-state index in [0.717, 1.165) is 154 Å². The Morgan fingerprint density at radius 3 is 0.813 bits per heavy atom. The largest absolute Gasteiger partial charge is 0.462 e. The van der Waals surface area contributed by atoms with Gasteiger partial charge in [-0.3, -0.25) is 14.4 Å². The number of carbonyl (C=O) groups is 3. The molecule has 0 bridgehead atoms. The van der Waals surface area contributed by atoms with E-state index in [2.05, 4.69) is 154 Å². The number of allylic oxidation sites excluding steroid dienone is 22. The molecular weight excluding hydrogens is 925 g/mol. The number of unbranched alkanes of at least 4 members (excludes halogenated alkanes) is 21. The van der Waals surface area contributed by atoms with Crippen molar-refractivity contribution in [2.24, 2.45) is 0 Å². The van der Waals surface area contributed by atoms with Crippen LogP contribution in [0, 0.1) is 0 Å². The average Bonchev–Trinajstić information content (AvgIpc) is 3.41. The fraction of sp³-hybridized carbons (Fsp3) is 0.638. The van der Waals surface area contributed by atoms with Crippen LogP contribution < -0.4 is 0 Å². The van der Waals surface area contributed by atoms with E-state index >= 15 is 0 Å². The lowest BCUT2D eigenvalue weighted by molar-refractivity contribution is -0.167. The maximum absolute atomic E-state index is 12.9. The van der Waals surface area contributed by atoms with Crippen molar-refractivity contribution in [1.29, 1.82) is 0 Å². The third-order valence-electron chi connectivity index (χ3n) is 12.7. The van der Waals surface area contributed by atoms with Crippen LogP contribution in [0.4, 0.5) is 0 Å². The van der Waals surface area contributed by atoms with Crippen LogP contribution in [0.25, 0.3) is 0 Å². The van der Waals surface area contributed by atoms with E-state index in [1.54, 1.807) is 0 Å². The summed E-state index contributed by atoms with van der Waals surface area (Å²) < 4.78 is 16.8. The van der Waals surface area contributed by atoms with Gasteiger partial charge in [-0.25, -0.2) is 0 Å². The van der Waals surface area contributed by atoms with Gasteiger partial charge in [-0.05, 0) is 116 Å². The number of hydrogen-bond donors (Lipinski definition) is 0. The van der Waals surface area contributed by atoms with E-state index < -0.39 is 6.10 Å². The molecule has 0 amide bonds. The molecule has 6 nitrogen and oxygen atoms in total. The maximum Gasteiger partial charge on any atom is 0.306 e. The highest BCUT2D eigenvalue weighted by molar-refractivity contribution is 5.71. The topological polar surface area (TPSA) is 78.9 Å². The summed E-state index contributed by atoms with van der Waals surface area (Å²) in [6, 6.07) is 0. The lowest BCUT2D eigenvalue weighted by Gasteiger charge is -2.18. The van der Waals surface area contributed by atoms with E-state index in [-0.39, 0.29) is 31.1 Å². The second-order valence-electron chi connectivity index (χ2n) is 19.9. The Balaban J connectivity index is 4.33. The minimum absolute atomic E-state index is 0.0899. The number of rotatable bonds is 54. The average molecular weight is 1040 g/mol. The van der Waals surface area contributed by atoms with Gasteiger partial charge in [0.1, 0.15) is 13.2 Å². The molecule has 0 fully saturated rings. The Hall–Kier alpha value is -4.45. The highest BCUT2D eigenvalue weighted by Gasteiger charge is 2.19. The zero-order valence-corrected chi connectivity index (χ0v) is 48.5. The molecule has 424 valence electrons. The number of hydrogen-bond acceptors (Lipinski definition) is 6. The third-order valence-corrected chi connectivity index (χ3v) is 12.7. The van der Waals surface area contributed by atoms with Crippen molar-refractivity contribution in [3.05, 3.63) is 134 Å². The quantitative estimate of drug-likeness (QED) is 0.0261. The second kappa shape index (κ2) is 62.1. The molecule has 0 aromatic heterocycles. The van der Waals surface area contributed by atoms with Gasteiger partial charge in [-0.2, -0.15) is 0 Å². The van der Waals surface area contributed by atoms with Crippen LogP contribution in [0.1, 0.15) is 265 Å². The summed E-state index contributed by atoms with van der Waals surface area (Å²) in [7, 11) is 0. The number of esters is 3. The summed E-state index contributed by atoms with van der Waals surface area (Å²) in [4.78, 5) is 38.2. The molecule has 0 radical (unpaired) electrons. The van der Waals surface area contributed by atoms with E-state index in [1.807, 2.05) is 0 Å². The predicted octanol–water partition coefficient (Wildman–Crippen LogP) is 21.0. The van der Waals surface area contributed by atoms with Crippen LogP contribution in [0.3, 0.4) is 0 Å². The van der Waals surface area contributed by atoms with Gasteiger partial charge in [0, 0.05) is 19.3 Å². The summed E-state index contributed by atoms with van der Waals surface area (Å²) in [6.45, 7) is 6.37. The second-order valence-corrected chi connectivity index (χ2v) is 19.9. The zero-order valence-electron chi connectivity index (χ0n) is 48.5. The van der Waals surface area contributed by atoms with Crippen LogP contribution in [-0.4, -0.2) is 37.2 Å². The first kappa shape index (κ1) is 70.5. The van der Waals surface area contributed by atoms with E-state index in [9.17, 15) is 14.4 Å². The standard InChI is InChI=1S/C69H112O6/c1-4-7-10-13-16-19-21-23-25-27-29-31-32-33-34-35-36-38-39-41-43-45-47-50-53-56-59-62-68(71)74-65-66(64-73-67(70)61-58-55-52-49-18-15-12-9-6-3)75-69(72)63-60-57-54-51-48-46-44-42-40-37-30-28-26-24-22-20-17-14-11-8-5-2/h7-8,10-11,16-17,19-20,23-26,29-31,33-34,36-38,41,43,66H,4-6,9,12-15,18,21-22,27-28,32,35,39-40,42,44-65H2,1-3H3/b10-7-,11-8-,19-16-,20-17-,25-23-,26-24-,31-29-,34-33-,37-30-,38-36-,43-41-. The summed E-state index contributed by atoms with van der Waals surface area (Å²) in [5, 5.41) is 0. The number of carbonyl (C=O) groups excluding carboxylic acids is 3. The minimum atomic E-state index is -0.794. The normalized spacial score (nSPS) is 13.1. The third kappa shape index (κ3) is 60.3. The molecule has 75 heavy (non-hydrogen) atoms. The summed E-state index contributed by atoms with van der Waals surface area (Å²) in [5.74, 6) is -0.921. The van der Waals surface area contributed by atoms with Gasteiger partial charge in [-0.1, -0.05) is 264 Å². The van der Waals surface area contributed by atoms with Crippen LogP contribution in [0.2, 0.25) is 0 Å². The molecule has 0 saturated carbocycles. The molecular formula is C69H112O6. The van der Waals surface area contributed by atoms with Crippen molar-refractivity contribution in [3.63, 3.8) is 0 Å². The Bertz CT molecular complexity index is 1620. The smallest absolute Gasteiger partial charge is 0.306 e. The molecule has 0 aliphatic heterocycles. The van der Waals surface area contributed by atoms with Gasteiger partial charge >= 0.3 is 17.9 Å². The van der Waals surface area contributed by atoms with Gasteiger partial charge in [-0.15, -0.1) is 0 Å². The van der Waals surface area contributed by atoms with Gasteiger partial charge in [0.25, 0.3) is 0 Å². The van der Waals surface area contributed by atoms with Crippen molar-refractivity contribution in [3.8, 4) is 0 Å². The Morgan fingerprint density at radius 1 is 0.280 bits per heavy atom. The fourth-order valence-corrected chi connectivity index (χ4v) is 8.12. The van der Waals surface area contributed by atoms with Crippen molar-refractivity contribution >= 4 is 17.9 Å². The van der Waals surface area contributed by atoms with Gasteiger partial charge < -0.3 is 14.2 Å². The highest BCUT2D eigenvalue weighted by atomic mass is 16.6. The summed E-state index contributed by atoms with van der Waals surface area (Å²) >= 11 is 0. The van der Waals surface area contributed by atoms with E-state index in [0.29, 0.717) is 19.3 Å². The molecule has 0 spiro atoms. The molecule has 1 atom stereocenters. The monoisotopic (exact) mass is 1040 g/mol. The first-order valence-electron chi connectivity index (χ1n) is 30.7. The van der Waals surface area contributed by atoms with Crippen LogP contribution in [0.15, 0.2) is 134 Å². The first-order valence-corrected chi connectivity index (χ1v) is 30.7. The van der Waals surface area contributed by atoms with Gasteiger partial charge in [0.2, 0.25) is 0 Å². The molecule has 0 rings (SSSR count). The summed E-state index contributed by atoms with van der Waals surface area (Å²) in [5.41, 5.74) is 0. The van der Waals surface area contributed by atoms with Crippen molar-refractivity contribution in [1.82, 2.24) is 0 Å². The highest BCUT2D eigenvalue weighted by Crippen LogP contribution is 2.15. The van der Waals surface area contributed by atoms with Crippen molar-refractivity contribution in [2.45, 2.75) is 271 Å². The molecule has 1 unspecified atom stereocenters. The maximum atomic E-state index is 12.9. The SMILES string of the molecule is CC/C=C\C/C=C\C/C=C\C/C=C\C/C=C\C/C=C\C/C=C\CCCCCCCC(=O)OCC(COC(=O)CCCCCCCCCCC)OC(=O)CCCCCCCCCC/C=C\C/C=C\C/C=C\C/C=C\CC. The molecule has 0 aromatic rings. The minimum Gasteiger partial charge on any atom is -0.462 e. The van der Waals surface area contributed by atoms with Crippen molar-refractivity contribution in [2.75, 3.05) is 13.2 Å². The van der Waals surface area contributed by atoms with Gasteiger partial charge in [0.15, 0.2) is 6.10 Å². The molecule has 0 aliphatic carbocycles. The van der Waals surface area contributed by atoms with Crippen molar-refractivity contribution < 1.29 is 28.6 Å². The molecule has 0 aliphatic rings. The van der Waals surface area contributed by atoms with Crippen LogP contribution in [0.5, 0.6) is 0 Å². The first-order chi connectivity index (χ1) is 37.0. The number of ether oxygens (including phenoxy) is 3. The molecule has 6 heteroatoms. The Labute approximate surface area is 462 Å². The van der Waals surface area contributed by atoms with E-state index in [4.69, 9.17) is 14.2 Å². The lowest BCUT2D eigenvalue weighted by Crippen LogP contribution is -2.30. The molecule has 0 N–H and O–H groups in total. The van der Waals surface area contributed by atoms with Gasteiger partial charge in [0.05, 0.1) is 0 Å². The lowest BCUT2D eigenvalue weighted by atomic mass is 10.1. The Morgan fingerprint density at radius 2 is 0.520 bits per heavy atom. The molecule has 0 aromatic carbocycles. The molecule has 0 heterocycles. The van der Waals surface area contributed by atoms with Crippen LogP contribution >= 0.6 is 0 Å². The van der Waals surface area contributed by atoms with Crippen LogP contribution in [-0.2, 0) is 28.6 Å².